The Kier molecular flexibility index (Phi) is 65.2. The Balaban J connectivity index is 4.08. The van der Waals surface area contributed by atoms with E-state index >= 15 is 0 Å². The van der Waals surface area contributed by atoms with E-state index in [1.165, 1.54) is 116 Å². The third-order valence-corrected chi connectivity index (χ3v) is 15.7. The van der Waals surface area contributed by atoms with E-state index < -0.39 is 26.5 Å². The fourth-order valence-corrected chi connectivity index (χ4v) is 10.1. The molecule has 0 aromatic carbocycles. The molecule has 0 aromatic heterocycles. The number of quaternary nitrogens is 1. The molecule has 0 amide bonds. The maximum Gasteiger partial charge on any atom is 0.472 e. The molecule has 0 radical (unpaired) electrons. The lowest BCUT2D eigenvalue weighted by Crippen LogP contribution is -2.37. The van der Waals surface area contributed by atoms with Gasteiger partial charge in [-0.05, 0) is 128 Å². The van der Waals surface area contributed by atoms with Crippen molar-refractivity contribution < 1.29 is 42.1 Å². The fourth-order valence-electron chi connectivity index (χ4n) is 9.33. The van der Waals surface area contributed by atoms with Gasteiger partial charge in [0.05, 0.1) is 27.7 Å². The number of likely N-dealkylation sites (N-methyl/N-ethyl adjacent to an activating group) is 1. The zero-order valence-corrected chi connectivity index (χ0v) is 58.9. The van der Waals surface area contributed by atoms with E-state index in [0.717, 1.165) is 122 Å². The quantitative estimate of drug-likeness (QED) is 0.0211. The number of phosphoric ester groups is 1. The number of hydrogen-bond donors (Lipinski definition) is 1. The van der Waals surface area contributed by atoms with Gasteiger partial charge in [0.2, 0.25) is 0 Å². The molecule has 0 aromatic rings. The van der Waals surface area contributed by atoms with Gasteiger partial charge in [-0.15, -0.1) is 0 Å². The van der Waals surface area contributed by atoms with E-state index in [1.54, 1.807) is 0 Å². The fraction of sp³-hybridized carbons (Fsp3) is 0.625. The second-order valence-corrected chi connectivity index (χ2v) is 26.0. The molecule has 0 saturated carbocycles. The molecule has 0 aliphatic rings. The van der Waals surface area contributed by atoms with Crippen LogP contribution in [0.4, 0.5) is 0 Å². The largest absolute Gasteiger partial charge is 0.472 e. The van der Waals surface area contributed by atoms with E-state index in [4.69, 9.17) is 18.5 Å². The first-order chi connectivity index (χ1) is 44.0. The lowest BCUT2D eigenvalue weighted by atomic mass is 10.0. The van der Waals surface area contributed by atoms with Gasteiger partial charge in [0, 0.05) is 12.8 Å². The summed E-state index contributed by atoms with van der Waals surface area (Å²) < 4.78 is 34.7. The average Bonchev–Trinajstić information content (AvgIpc) is 3.61. The van der Waals surface area contributed by atoms with Crippen LogP contribution in [0.1, 0.15) is 271 Å². The van der Waals surface area contributed by atoms with Crippen molar-refractivity contribution in [1.29, 1.82) is 0 Å². The molecule has 510 valence electrons. The number of ether oxygens (including phenoxy) is 2. The molecular formula is C80H133NO8P+. The highest BCUT2D eigenvalue weighted by atomic mass is 31.2. The topological polar surface area (TPSA) is 108 Å². The van der Waals surface area contributed by atoms with E-state index in [2.05, 4.69) is 184 Å². The number of allylic oxidation sites excluding steroid dienone is 28. The maximum absolute atomic E-state index is 12.9. The molecule has 9 nitrogen and oxygen atoms in total. The van der Waals surface area contributed by atoms with Gasteiger partial charge < -0.3 is 18.9 Å². The summed E-state index contributed by atoms with van der Waals surface area (Å²) in [6.07, 6.45) is 105. The van der Waals surface area contributed by atoms with Crippen molar-refractivity contribution in [1.82, 2.24) is 0 Å². The van der Waals surface area contributed by atoms with Crippen LogP contribution < -0.4 is 0 Å². The monoisotopic (exact) mass is 1270 g/mol. The Morgan fingerprint density at radius 3 is 0.911 bits per heavy atom. The number of nitrogens with zero attached hydrogens (tertiary/aromatic N) is 1. The van der Waals surface area contributed by atoms with Gasteiger partial charge in [0.1, 0.15) is 19.8 Å². The summed E-state index contributed by atoms with van der Waals surface area (Å²) in [6, 6.07) is 0. The molecule has 90 heavy (non-hydrogen) atoms. The Hall–Kier alpha value is -4.63. The summed E-state index contributed by atoms with van der Waals surface area (Å²) in [6.45, 7) is 4.15. The Bertz CT molecular complexity index is 2130. The number of carbonyl (C=O) groups excluding carboxylic acids is 2. The van der Waals surface area contributed by atoms with E-state index in [-0.39, 0.29) is 32.0 Å². The lowest BCUT2D eigenvalue weighted by molar-refractivity contribution is -0.870. The first kappa shape index (κ1) is 85.4. The molecule has 1 N–H and O–H groups in total. The predicted octanol–water partition coefficient (Wildman–Crippen LogP) is 23.7. The van der Waals surface area contributed by atoms with E-state index in [9.17, 15) is 19.0 Å². The zero-order valence-electron chi connectivity index (χ0n) is 58.1. The minimum atomic E-state index is -4.42. The van der Waals surface area contributed by atoms with Gasteiger partial charge in [-0.3, -0.25) is 18.6 Å². The van der Waals surface area contributed by atoms with Gasteiger partial charge in [0.25, 0.3) is 0 Å². The van der Waals surface area contributed by atoms with Gasteiger partial charge >= 0.3 is 19.8 Å². The summed E-state index contributed by atoms with van der Waals surface area (Å²) in [7, 11) is 1.43. The number of carbonyl (C=O) groups is 2. The Morgan fingerprint density at radius 2 is 0.600 bits per heavy atom. The third-order valence-electron chi connectivity index (χ3n) is 14.7. The van der Waals surface area contributed by atoms with Gasteiger partial charge in [-0.2, -0.15) is 0 Å². The van der Waals surface area contributed by atoms with Crippen LogP contribution in [-0.2, 0) is 32.7 Å². The Morgan fingerprint density at radius 1 is 0.344 bits per heavy atom. The molecule has 0 aliphatic heterocycles. The molecule has 10 heteroatoms. The predicted molar refractivity (Wildman–Crippen MR) is 389 cm³/mol. The number of phosphoric acid groups is 1. The Labute approximate surface area is 553 Å². The normalized spacial score (nSPS) is 14.2. The number of rotatable bonds is 64. The van der Waals surface area contributed by atoms with Gasteiger partial charge in [-0.25, -0.2) is 4.57 Å². The lowest BCUT2D eigenvalue weighted by Gasteiger charge is -2.24. The van der Waals surface area contributed by atoms with Crippen LogP contribution in [0.3, 0.4) is 0 Å². The zero-order chi connectivity index (χ0) is 65.5. The van der Waals surface area contributed by atoms with Crippen molar-refractivity contribution >= 4 is 19.8 Å². The molecule has 0 heterocycles. The van der Waals surface area contributed by atoms with E-state index in [1.807, 2.05) is 21.1 Å². The van der Waals surface area contributed by atoms with Gasteiger partial charge in [0.15, 0.2) is 6.10 Å². The highest BCUT2D eigenvalue weighted by molar-refractivity contribution is 7.47. The average molecular weight is 1270 g/mol. The van der Waals surface area contributed by atoms with Crippen LogP contribution in [0, 0.1) is 0 Å². The number of esters is 2. The second kappa shape index (κ2) is 68.7. The minimum Gasteiger partial charge on any atom is -0.462 e. The molecule has 0 aliphatic carbocycles. The van der Waals surface area contributed by atoms with Crippen molar-refractivity contribution in [2.45, 2.75) is 277 Å². The number of unbranched alkanes of at least 4 members (excludes halogenated alkanes) is 22. The van der Waals surface area contributed by atoms with Crippen LogP contribution in [0.25, 0.3) is 0 Å². The highest BCUT2D eigenvalue weighted by Gasteiger charge is 2.27. The van der Waals surface area contributed by atoms with Crippen molar-refractivity contribution in [2.24, 2.45) is 0 Å². The van der Waals surface area contributed by atoms with Crippen molar-refractivity contribution in [3.63, 3.8) is 0 Å². The summed E-state index contributed by atoms with van der Waals surface area (Å²) in [4.78, 5) is 35.9. The van der Waals surface area contributed by atoms with Crippen LogP contribution in [-0.4, -0.2) is 74.9 Å². The van der Waals surface area contributed by atoms with Crippen LogP contribution in [0.15, 0.2) is 170 Å². The van der Waals surface area contributed by atoms with Crippen LogP contribution in [0.2, 0.25) is 0 Å². The summed E-state index contributed by atoms with van der Waals surface area (Å²) in [5.41, 5.74) is 0. The summed E-state index contributed by atoms with van der Waals surface area (Å²) >= 11 is 0. The molecule has 0 fully saturated rings. The standard InChI is InChI=1S/C80H132NO8P/c1-6-8-10-12-14-16-18-20-22-24-26-28-30-32-34-35-36-37-38-39-40-41-42-43-44-45-47-48-50-52-54-56-58-60-62-64-66-68-70-72-79(82)86-76-78(77-88-90(84,85)87-75-74-81(3,4)5)89-80(83)73-71-69-67-65-63-61-59-57-55-53-51-49-46-33-31-29-27-25-23-21-19-17-15-13-11-9-7-2/h8-11,14-17,20-23,26-29,32-34,36-37,46,51,53,57,59,63,65,78H,6-7,12-13,18-19,24-25,30-31,35,38-45,47-50,52,54-56,58,60-62,64,66-77H2,1-5H3/p+1/b10-8-,11-9-,16-14-,17-15-,22-20-,23-21-,28-26-,29-27-,34-32-,37-36-,46-33-,53-51-,59-57-,65-63-. The molecule has 2 atom stereocenters. The molecule has 0 bridgehead atoms. The van der Waals surface area contributed by atoms with Crippen molar-refractivity contribution in [3.05, 3.63) is 170 Å². The minimum absolute atomic E-state index is 0.0155. The molecule has 0 saturated heterocycles. The molecule has 2 unspecified atom stereocenters. The third kappa shape index (κ3) is 72.4. The van der Waals surface area contributed by atoms with Gasteiger partial charge in [-0.1, -0.05) is 300 Å². The smallest absolute Gasteiger partial charge is 0.462 e. The first-order valence-corrected chi connectivity index (χ1v) is 37.4. The van der Waals surface area contributed by atoms with E-state index in [0.29, 0.717) is 17.4 Å². The SMILES string of the molecule is CC/C=C\C/C=C\C/C=C\C/C=C\C/C=C\C/C=C\C/C=C\C/C=C\CCCCC(=O)OC(COC(=O)CCCCCCCCCCCCCCCCCCCCCC/C=C\C/C=C\C/C=C\C/C=C\C/C=C\C/C=C\CC)COP(=O)(O)OCC[N+](C)(C)C. The van der Waals surface area contributed by atoms with Crippen LogP contribution >= 0.6 is 7.82 Å². The summed E-state index contributed by atoms with van der Waals surface area (Å²) in [5.74, 6) is -0.853. The summed E-state index contributed by atoms with van der Waals surface area (Å²) in [5, 5.41) is 0. The second-order valence-electron chi connectivity index (χ2n) is 24.5. The molecular weight excluding hydrogens is 1130 g/mol. The maximum atomic E-state index is 12.9. The first-order valence-electron chi connectivity index (χ1n) is 35.9. The van der Waals surface area contributed by atoms with Crippen LogP contribution in [0.5, 0.6) is 0 Å². The van der Waals surface area contributed by atoms with Crippen molar-refractivity contribution in [2.75, 3.05) is 47.5 Å². The number of hydrogen-bond acceptors (Lipinski definition) is 7. The highest BCUT2D eigenvalue weighted by Crippen LogP contribution is 2.43. The molecule has 0 spiro atoms. The molecule has 0 rings (SSSR count). The van der Waals surface area contributed by atoms with Crippen molar-refractivity contribution in [3.8, 4) is 0 Å².